The van der Waals surface area contributed by atoms with Crippen molar-refractivity contribution in [3.05, 3.63) is 0 Å². The van der Waals surface area contributed by atoms with E-state index in [1.807, 2.05) is 0 Å². The standard InChI is InChI=1S/C12H18F6N2O3/c1-7(21)20-8(4-2-3-5-19)9(22)6-23-10(11(13,14)15)12(16,17)18/h8,10H,2-6,19H2,1H3,(H,20,21). The van der Waals surface area contributed by atoms with Crippen LogP contribution in [0, 0.1) is 0 Å². The number of ketones is 1. The van der Waals surface area contributed by atoms with Crippen LogP contribution in [0.4, 0.5) is 26.3 Å². The Bertz CT molecular complexity index is 383. The van der Waals surface area contributed by atoms with Crippen LogP contribution < -0.4 is 11.1 Å². The second-order valence-electron chi connectivity index (χ2n) is 4.78. The zero-order chi connectivity index (χ0) is 18.3. The number of ether oxygens (including phenoxy) is 1. The fourth-order valence-corrected chi connectivity index (χ4v) is 1.69. The van der Waals surface area contributed by atoms with E-state index in [1.54, 1.807) is 0 Å². The van der Waals surface area contributed by atoms with Gasteiger partial charge in [0.25, 0.3) is 0 Å². The quantitative estimate of drug-likeness (QED) is 0.489. The van der Waals surface area contributed by atoms with Gasteiger partial charge in [-0.05, 0) is 25.8 Å². The lowest BCUT2D eigenvalue weighted by atomic mass is 10.1. The number of unbranched alkanes of at least 4 members (excludes halogenated alkanes) is 1. The first-order valence-corrected chi connectivity index (χ1v) is 6.64. The summed E-state index contributed by atoms with van der Waals surface area (Å²) < 4.78 is 77.4. The molecule has 136 valence electrons. The molecule has 23 heavy (non-hydrogen) atoms. The minimum absolute atomic E-state index is 0.0433. The fraction of sp³-hybridized carbons (Fsp3) is 0.833. The molecular formula is C12H18F6N2O3. The number of amides is 1. The summed E-state index contributed by atoms with van der Waals surface area (Å²) in [4.78, 5) is 22.7. The van der Waals surface area contributed by atoms with Gasteiger partial charge in [0.2, 0.25) is 12.0 Å². The van der Waals surface area contributed by atoms with Gasteiger partial charge in [0.1, 0.15) is 6.61 Å². The third kappa shape index (κ3) is 8.74. The van der Waals surface area contributed by atoms with Crippen LogP contribution in [-0.4, -0.2) is 49.3 Å². The maximum Gasteiger partial charge on any atom is 0.423 e. The monoisotopic (exact) mass is 352 g/mol. The van der Waals surface area contributed by atoms with Gasteiger partial charge in [0.15, 0.2) is 5.78 Å². The number of alkyl halides is 6. The number of nitrogens with two attached hydrogens (primary N) is 1. The molecule has 0 bridgehead atoms. The zero-order valence-electron chi connectivity index (χ0n) is 12.3. The van der Waals surface area contributed by atoms with Gasteiger partial charge in [-0.1, -0.05) is 0 Å². The van der Waals surface area contributed by atoms with Crippen molar-refractivity contribution in [1.82, 2.24) is 5.32 Å². The molecule has 1 unspecified atom stereocenters. The largest absolute Gasteiger partial charge is 0.423 e. The first-order valence-electron chi connectivity index (χ1n) is 6.64. The molecule has 0 aliphatic rings. The zero-order valence-corrected chi connectivity index (χ0v) is 12.3. The predicted molar refractivity (Wildman–Crippen MR) is 67.4 cm³/mol. The highest BCUT2D eigenvalue weighted by Crippen LogP contribution is 2.35. The molecule has 0 rings (SSSR count). The van der Waals surface area contributed by atoms with Crippen molar-refractivity contribution in [2.75, 3.05) is 13.2 Å². The van der Waals surface area contributed by atoms with Crippen LogP contribution >= 0.6 is 0 Å². The lowest BCUT2D eigenvalue weighted by molar-refractivity contribution is -0.319. The van der Waals surface area contributed by atoms with Crippen molar-refractivity contribution < 1.29 is 40.7 Å². The average molecular weight is 352 g/mol. The van der Waals surface area contributed by atoms with E-state index >= 15 is 0 Å². The molecule has 3 N–H and O–H groups in total. The second-order valence-corrected chi connectivity index (χ2v) is 4.78. The van der Waals surface area contributed by atoms with Crippen molar-refractivity contribution in [2.24, 2.45) is 5.73 Å². The predicted octanol–water partition coefficient (Wildman–Crippen LogP) is 1.70. The van der Waals surface area contributed by atoms with Crippen LogP contribution in [0.3, 0.4) is 0 Å². The van der Waals surface area contributed by atoms with Crippen LogP contribution in [0.25, 0.3) is 0 Å². The smallest absolute Gasteiger partial charge is 0.353 e. The Labute approximate surface area is 128 Å². The summed E-state index contributed by atoms with van der Waals surface area (Å²) in [7, 11) is 0. The van der Waals surface area contributed by atoms with Crippen molar-refractivity contribution >= 4 is 11.7 Å². The Morgan fingerprint density at radius 1 is 1.09 bits per heavy atom. The Hall–Kier alpha value is -1.36. The number of carbonyl (C=O) groups is 2. The topological polar surface area (TPSA) is 81.4 Å². The van der Waals surface area contributed by atoms with Crippen LogP contribution in [0.5, 0.6) is 0 Å². The molecule has 0 aromatic carbocycles. The van der Waals surface area contributed by atoms with Gasteiger partial charge in [-0.3, -0.25) is 9.59 Å². The third-order valence-corrected chi connectivity index (χ3v) is 2.70. The highest BCUT2D eigenvalue weighted by atomic mass is 19.4. The summed E-state index contributed by atoms with van der Waals surface area (Å²) >= 11 is 0. The lowest BCUT2D eigenvalue weighted by Gasteiger charge is -2.24. The van der Waals surface area contributed by atoms with E-state index in [2.05, 4.69) is 10.1 Å². The van der Waals surface area contributed by atoms with Crippen LogP contribution in [0.1, 0.15) is 26.2 Å². The number of nitrogens with one attached hydrogen (secondary N) is 1. The van der Waals surface area contributed by atoms with Gasteiger partial charge in [-0.2, -0.15) is 26.3 Å². The number of Topliss-reactive ketones (excluding diaryl/α,β-unsaturated/α-hetero) is 1. The van der Waals surface area contributed by atoms with Gasteiger partial charge in [0.05, 0.1) is 6.04 Å². The molecule has 11 heteroatoms. The normalized spacial score (nSPS) is 14.0. The number of rotatable bonds is 9. The van der Waals surface area contributed by atoms with Gasteiger partial charge in [-0.25, -0.2) is 0 Å². The molecule has 1 amide bonds. The van der Waals surface area contributed by atoms with E-state index in [4.69, 9.17) is 5.73 Å². The molecule has 0 fully saturated rings. The molecular weight excluding hydrogens is 334 g/mol. The Morgan fingerprint density at radius 3 is 2.00 bits per heavy atom. The highest BCUT2D eigenvalue weighted by Gasteiger charge is 2.58. The number of halogens is 6. The summed E-state index contributed by atoms with van der Waals surface area (Å²) in [6.07, 6.45) is -14.5. The molecule has 0 aliphatic heterocycles. The molecule has 0 aromatic heterocycles. The number of hydrogen-bond donors (Lipinski definition) is 2. The molecule has 0 aromatic rings. The Kier molecular flexibility index (Phi) is 8.53. The molecule has 1 atom stereocenters. The lowest BCUT2D eigenvalue weighted by Crippen LogP contribution is -2.47. The van der Waals surface area contributed by atoms with E-state index in [1.165, 1.54) is 0 Å². The summed E-state index contributed by atoms with van der Waals surface area (Å²) in [6.45, 7) is -0.0583. The molecule has 0 aliphatic carbocycles. The van der Waals surface area contributed by atoms with E-state index < -0.39 is 42.8 Å². The fourth-order valence-electron chi connectivity index (χ4n) is 1.69. The van der Waals surface area contributed by atoms with Gasteiger partial charge in [-0.15, -0.1) is 0 Å². The molecule has 0 heterocycles. The first kappa shape index (κ1) is 21.6. The second kappa shape index (κ2) is 9.06. The van der Waals surface area contributed by atoms with Crippen molar-refractivity contribution in [3.63, 3.8) is 0 Å². The third-order valence-electron chi connectivity index (χ3n) is 2.70. The first-order chi connectivity index (χ1) is 10.4. The van der Waals surface area contributed by atoms with Gasteiger partial charge >= 0.3 is 12.4 Å². The molecule has 0 radical (unpaired) electrons. The van der Waals surface area contributed by atoms with Crippen molar-refractivity contribution in [1.29, 1.82) is 0 Å². The average Bonchev–Trinajstić information content (AvgIpc) is 2.34. The Balaban J connectivity index is 4.79. The van der Waals surface area contributed by atoms with Crippen LogP contribution in [0.2, 0.25) is 0 Å². The highest BCUT2D eigenvalue weighted by molar-refractivity contribution is 5.89. The van der Waals surface area contributed by atoms with E-state index in [0.29, 0.717) is 19.4 Å². The number of carbonyl (C=O) groups excluding carboxylic acids is 2. The van der Waals surface area contributed by atoms with Crippen molar-refractivity contribution in [2.45, 2.75) is 50.7 Å². The van der Waals surface area contributed by atoms with Crippen molar-refractivity contribution in [3.8, 4) is 0 Å². The molecule has 5 nitrogen and oxygen atoms in total. The molecule has 0 saturated heterocycles. The summed E-state index contributed by atoms with van der Waals surface area (Å²) in [5.41, 5.74) is 5.24. The number of hydrogen-bond acceptors (Lipinski definition) is 4. The van der Waals surface area contributed by atoms with Gasteiger partial charge < -0.3 is 15.8 Å². The Morgan fingerprint density at radius 2 is 1.61 bits per heavy atom. The SMILES string of the molecule is CC(=O)NC(CCCCN)C(=O)COC(C(F)(F)F)C(F)(F)F. The minimum atomic E-state index is -5.69. The van der Waals surface area contributed by atoms with E-state index in [0.717, 1.165) is 6.92 Å². The summed E-state index contributed by atoms with van der Waals surface area (Å²) in [5.74, 6) is -1.71. The van der Waals surface area contributed by atoms with Gasteiger partial charge in [0, 0.05) is 6.92 Å². The maximum absolute atomic E-state index is 12.3. The maximum atomic E-state index is 12.3. The van der Waals surface area contributed by atoms with Crippen LogP contribution in [0.15, 0.2) is 0 Å². The molecule has 0 spiro atoms. The van der Waals surface area contributed by atoms with Crippen LogP contribution in [-0.2, 0) is 14.3 Å². The minimum Gasteiger partial charge on any atom is -0.353 e. The van der Waals surface area contributed by atoms with E-state index in [-0.39, 0.29) is 6.42 Å². The summed E-state index contributed by atoms with van der Waals surface area (Å²) in [6, 6.07) is -1.22. The summed E-state index contributed by atoms with van der Waals surface area (Å²) in [5, 5.41) is 2.17. The van der Waals surface area contributed by atoms with E-state index in [9.17, 15) is 35.9 Å². The molecule has 0 saturated carbocycles.